The molecule has 0 amide bonds. The summed E-state index contributed by atoms with van der Waals surface area (Å²) in [6, 6.07) is 5.81. The minimum absolute atomic E-state index is 0.0733. The van der Waals surface area contributed by atoms with Gasteiger partial charge in [-0.1, -0.05) is 6.92 Å². The number of aliphatic hydroxyl groups excluding tert-OH is 1. The van der Waals surface area contributed by atoms with Crippen molar-refractivity contribution >= 4 is 15.5 Å². The summed E-state index contributed by atoms with van der Waals surface area (Å²) in [5.41, 5.74) is 0.482. The second kappa shape index (κ2) is 6.81. The van der Waals surface area contributed by atoms with Crippen LogP contribution in [0.3, 0.4) is 0 Å². The van der Waals surface area contributed by atoms with Gasteiger partial charge in [-0.2, -0.15) is 0 Å². The van der Waals surface area contributed by atoms with Crippen LogP contribution in [0.4, 0.5) is 14.5 Å². The molecule has 0 heterocycles. The second-order valence-corrected chi connectivity index (χ2v) is 6.24. The molecule has 1 atom stereocenters. The number of benzene rings is 1. The maximum absolute atomic E-state index is 12.1. The minimum Gasteiger partial charge on any atom is -0.385 e. The lowest BCUT2D eigenvalue weighted by molar-refractivity contribution is 0.00384. The molecule has 1 unspecified atom stereocenters. The molecule has 19 heavy (non-hydrogen) atoms. The summed E-state index contributed by atoms with van der Waals surface area (Å²) in [6.07, 6.45) is -4.02. The van der Waals surface area contributed by atoms with Crippen molar-refractivity contribution in [1.29, 1.82) is 0 Å². The zero-order valence-electron chi connectivity index (χ0n) is 10.5. The van der Waals surface area contributed by atoms with Crippen LogP contribution < -0.4 is 5.32 Å². The van der Waals surface area contributed by atoms with Crippen molar-refractivity contribution in [2.75, 3.05) is 17.6 Å². The first kappa shape index (κ1) is 15.8. The molecule has 1 aromatic carbocycles. The standard InChI is InChI=1S/C12H17F2NO3S/c1-2-7-19(17,18)10-5-3-9(4-6-10)15-8-11(16)12(13)14/h3-6,11-12,15-16H,2,7-8H2,1H3. The molecule has 1 rings (SSSR count). The van der Waals surface area contributed by atoms with Crippen molar-refractivity contribution < 1.29 is 22.3 Å². The van der Waals surface area contributed by atoms with Gasteiger partial charge in [-0.25, -0.2) is 17.2 Å². The first-order chi connectivity index (χ1) is 8.86. The SMILES string of the molecule is CCCS(=O)(=O)c1ccc(NCC(O)C(F)F)cc1. The van der Waals surface area contributed by atoms with E-state index in [4.69, 9.17) is 5.11 Å². The summed E-state index contributed by atoms with van der Waals surface area (Å²) in [5, 5.41) is 11.5. The number of alkyl halides is 2. The molecule has 1 aromatic rings. The van der Waals surface area contributed by atoms with Gasteiger partial charge >= 0.3 is 0 Å². The van der Waals surface area contributed by atoms with Gasteiger partial charge in [-0.05, 0) is 30.7 Å². The highest BCUT2D eigenvalue weighted by Crippen LogP contribution is 2.16. The molecule has 2 N–H and O–H groups in total. The third-order valence-electron chi connectivity index (χ3n) is 2.49. The van der Waals surface area contributed by atoms with E-state index in [2.05, 4.69) is 5.32 Å². The fraction of sp³-hybridized carbons (Fsp3) is 0.500. The van der Waals surface area contributed by atoms with Crippen LogP contribution in [-0.2, 0) is 9.84 Å². The number of sulfone groups is 1. The fourth-order valence-electron chi connectivity index (χ4n) is 1.48. The van der Waals surface area contributed by atoms with Gasteiger partial charge in [-0.3, -0.25) is 0 Å². The normalized spacial score (nSPS) is 13.5. The van der Waals surface area contributed by atoms with Crippen LogP contribution in [0.1, 0.15) is 13.3 Å². The zero-order valence-corrected chi connectivity index (χ0v) is 11.3. The Kier molecular flexibility index (Phi) is 5.68. The van der Waals surface area contributed by atoms with E-state index in [0.717, 1.165) is 0 Å². The van der Waals surface area contributed by atoms with Gasteiger partial charge in [0.15, 0.2) is 9.84 Å². The van der Waals surface area contributed by atoms with Gasteiger partial charge in [0.1, 0.15) is 6.10 Å². The van der Waals surface area contributed by atoms with Crippen LogP contribution in [0.2, 0.25) is 0 Å². The lowest BCUT2D eigenvalue weighted by Gasteiger charge is -2.12. The van der Waals surface area contributed by atoms with Crippen LogP contribution in [0, 0.1) is 0 Å². The summed E-state index contributed by atoms with van der Waals surface area (Å²) in [6.45, 7) is 1.48. The van der Waals surface area contributed by atoms with E-state index in [-0.39, 0.29) is 17.2 Å². The van der Waals surface area contributed by atoms with Crippen LogP contribution in [0.15, 0.2) is 29.2 Å². The molecule has 0 fully saturated rings. The molecule has 0 saturated carbocycles. The Bertz CT molecular complexity index is 488. The minimum atomic E-state index is -3.27. The summed E-state index contributed by atoms with van der Waals surface area (Å²) in [4.78, 5) is 0.203. The lowest BCUT2D eigenvalue weighted by atomic mass is 10.3. The predicted molar refractivity (Wildman–Crippen MR) is 69.3 cm³/mol. The van der Waals surface area contributed by atoms with E-state index in [1.54, 1.807) is 6.92 Å². The monoisotopic (exact) mass is 293 g/mol. The molecule has 0 aliphatic carbocycles. The number of anilines is 1. The predicted octanol–water partition coefficient (Wildman–Crippen LogP) is 1.91. The van der Waals surface area contributed by atoms with Crippen molar-refractivity contribution in [2.24, 2.45) is 0 Å². The average molecular weight is 293 g/mol. The van der Waals surface area contributed by atoms with Crippen molar-refractivity contribution in [3.63, 3.8) is 0 Å². The van der Waals surface area contributed by atoms with Crippen molar-refractivity contribution in [3.05, 3.63) is 24.3 Å². The molecule has 0 saturated heterocycles. The first-order valence-corrected chi connectivity index (χ1v) is 7.55. The third kappa shape index (κ3) is 4.76. The van der Waals surface area contributed by atoms with Crippen molar-refractivity contribution in [3.8, 4) is 0 Å². The summed E-state index contributed by atoms with van der Waals surface area (Å²) < 4.78 is 47.6. The largest absolute Gasteiger partial charge is 0.385 e. The van der Waals surface area contributed by atoms with E-state index < -0.39 is 22.4 Å². The highest BCUT2D eigenvalue weighted by Gasteiger charge is 2.16. The number of rotatable bonds is 7. The molecule has 7 heteroatoms. The van der Waals surface area contributed by atoms with Crippen molar-refractivity contribution in [1.82, 2.24) is 0 Å². The number of aliphatic hydroxyl groups is 1. The molecule has 0 spiro atoms. The van der Waals surface area contributed by atoms with Crippen LogP contribution in [-0.4, -0.2) is 38.4 Å². The quantitative estimate of drug-likeness (QED) is 0.806. The number of nitrogens with one attached hydrogen (secondary N) is 1. The summed E-state index contributed by atoms with van der Waals surface area (Å²) >= 11 is 0. The Morgan fingerprint density at radius 2 is 1.84 bits per heavy atom. The highest BCUT2D eigenvalue weighted by molar-refractivity contribution is 7.91. The number of hydrogen-bond donors (Lipinski definition) is 2. The van der Waals surface area contributed by atoms with Gasteiger partial charge in [0.2, 0.25) is 0 Å². The van der Waals surface area contributed by atoms with E-state index >= 15 is 0 Å². The molecule has 0 bridgehead atoms. The second-order valence-electron chi connectivity index (χ2n) is 4.13. The molecule has 0 radical (unpaired) electrons. The molecule has 108 valence electrons. The maximum Gasteiger partial charge on any atom is 0.265 e. The topological polar surface area (TPSA) is 66.4 Å². The highest BCUT2D eigenvalue weighted by atomic mass is 32.2. The van der Waals surface area contributed by atoms with Gasteiger partial charge in [-0.15, -0.1) is 0 Å². The summed E-state index contributed by atoms with van der Waals surface area (Å²) in [5.74, 6) is 0.0733. The molecular weight excluding hydrogens is 276 g/mol. The fourth-order valence-corrected chi connectivity index (χ4v) is 2.80. The molecule has 0 aromatic heterocycles. The molecular formula is C12H17F2NO3S. The first-order valence-electron chi connectivity index (χ1n) is 5.89. The van der Waals surface area contributed by atoms with Crippen LogP contribution in [0.5, 0.6) is 0 Å². The van der Waals surface area contributed by atoms with Crippen LogP contribution >= 0.6 is 0 Å². The third-order valence-corrected chi connectivity index (χ3v) is 4.43. The van der Waals surface area contributed by atoms with E-state index in [9.17, 15) is 17.2 Å². The van der Waals surface area contributed by atoms with E-state index in [1.165, 1.54) is 24.3 Å². The Balaban J connectivity index is 2.67. The summed E-state index contributed by atoms with van der Waals surface area (Å²) in [7, 11) is -3.27. The maximum atomic E-state index is 12.1. The Labute approximate surface area is 111 Å². The Morgan fingerprint density at radius 1 is 1.26 bits per heavy atom. The van der Waals surface area contributed by atoms with Gasteiger partial charge in [0.05, 0.1) is 10.6 Å². The molecule has 4 nitrogen and oxygen atoms in total. The Hall–Kier alpha value is -1.21. The molecule has 0 aliphatic rings. The smallest absolute Gasteiger partial charge is 0.265 e. The van der Waals surface area contributed by atoms with Gasteiger partial charge < -0.3 is 10.4 Å². The van der Waals surface area contributed by atoms with Crippen molar-refractivity contribution in [2.45, 2.75) is 30.8 Å². The van der Waals surface area contributed by atoms with E-state index in [1.807, 2.05) is 0 Å². The number of halogens is 2. The average Bonchev–Trinajstić information content (AvgIpc) is 2.36. The van der Waals surface area contributed by atoms with Gasteiger partial charge in [0, 0.05) is 12.2 Å². The van der Waals surface area contributed by atoms with Crippen LogP contribution in [0.25, 0.3) is 0 Å². The Morgan fingerprint density at radius 3 is 2.32 bits per heavy atom. The van der Waals surface area contributed by atoms with Gasteiger partial charge in [0.25, 0.3) is 6.43 Å². The lowest BCUT2D eigenvalue weighted by Crippen LogP contribution is -2.26. The number of hydrogen-bond acceptors (Lipinski definition) is 4. The zero-order chi connectivity index (χ0) is 14.5. The molecule has 0 aliphatic heterocycles. The van der Waals surface area contributed by atoms with E-state index in [0.29, 0.717) is 12.1 Å².